The zero-order valence-corrected chi connectivity index (χ0v) is 10.1. The van der Waals surface area contributed by atoms with E-state index in [4.69, 9.17) is 4.74 Å². The predicted octanol–water partition coefficient (Wildman–Crippen LogP) is 1.61. The van der Waals surface area contributed by atoms with Crippen LogP contribution in [0.2, 0.25) is 0 Å². The molecule has 86 valence electrons. The van der Waals surface area contributed by atoms with Gasteiger partial charge in [0.1, 0.15) is 0 Å². The van der Waals surface area contributed by atoms with Gasteiger partial charge in [0, 0.05) is 11.3 Å². The maximum Gasteiger partial charge on any atom is 0.322 e. The summed E-state index contributed by atoms with van der Waals surface area (Å²) in [7, 11) is 0. The molecule has 1 aromatic rings. The maximum atomic E-state index is 11.7. The molecule has 1 aromatic heterocycles. The fraction of sp³-hybridized carbons (Fsp3) is 0.545. The summed E-state index contributed by atoms with van der Waals surface area (Å²) in [5.74, 6) is -1.32. The van der Waals surface area contributed by atoms with Gasteiger partial charge in [0.25, 0.3) is 0 Å². The number of thiazole rings is 1. The van der Waals surface area contributed by atoms with Gasteiger partial charge in [0.15, 0.2) is 11.7 Å². The summed E-state index contributed by atoms with van der Waals surface area (Å²) in [6.45, 7) is 3.91. The molecule has 0 fully saturated rings. The van der Waals surface area contributed by atoms with Crippen molar-refractivity contribution in [3.05, 3.63) is 15.6 Å². The zero-order chi connectivity index (χ0) is 11.7. The average Bonchev–Trinajstić information content (AvgIpc) is 2.58. The van der Waals surface area contributed by atoms with E-state index in [2.05, 4.69) is 4.98 Å². The number of nitrogens with zero attached hydrogens (tertiary/aromatic N) is 1. The van der Waals surface area contributed by atoms with Gasteiger partial charge in [-0.05, 0) is 20.3 Å². The van der Waals surface area contributed by atoms with E-state index in [1.54, 1.807) is 18.3 Å². The summed E-state index contributed by atoms with van der Waals surface area (Å²) < 4.78 is 4.92. The molecule has 0 saturated carbocycles. The Kier molecular flexibility index (Phi) is 3.05. The Labute approximate surface area is 97.6 Å². The molecule has 0 amide bonds. The van der Waals surface area contributed by atoms with E-state index in [1.807, 2.05) is 6.92 Å². The van der Waals surface area contributed by atoms with Crippen molar-refractivity contribution >= 4 is 23.1 Å². The van der Waals surface area contributed by atoms with Gasteiger partial charge in [0.2, 0.25) is 0 Å². The SMILES string of the molecule is CCOC(=O)C1C(=O)CCc2sc(C)nc21. The van der Waals surface area contributed by atoms with E-state index < -0.39 is 11.9 Å². The van der Waals surface area contributed by atoms with Crippen LogP contribution in [0.1, 0.15) is 34.8 Å². The van der Waals surface area contributed by atoms with Crippen LogP contribution in [0.3, 0.4) is 0 Å². The first-order valence-corrected chi connectivity index (χ1v) is 6.10. The van der Waals surface area contributed by atoms with Crippen LogP contribution in [0.15, 0.2) is 0 Å². The number of carbonyl (C=O) groups is 2. The van der Waals surface area contributed by atoms with Crippen molar-refractivity contribution in [1.82, 2.24) is 4.98 Å². The minimum atomic E-state index is -0.784. The second kappa shape index (κ2) is 4.33. The summed E-state index contributed by atoms with van der Waals surface area (Å²) in [4.78, 5) is 28.8. The second-order valence-electron chi connectivity index (χ2n) is 3.69. The van der Waals surface area contributed by atoms with Crippen LogP contribution in [0, 0.1) is 6.92 Å². The van der Waals surface area contributed by atoms with Crippen LogP contribution in [0.25, 0.3) is 0 Å². The minimum absolute atomic E-state index is 0.0729. The lowest BCUT2D eigenvalue weighted by Gasteiger charge is -2.18. The van der Waals surface area contributed by atoms with Crippen LogP contribution >= 0.6 is 11.3 Å². The van der Waals surface area contributed by atoms with Gasteiger partial charge in [0.05, 0.1) is 17.3 Å². The largest absolute Gasteiger partial charge is 0.465 e. The van der Waals surface area contributed by atoms with Gasteiger partial charge in [-0.2, -0.15) is 0 Å². The highest BCUT2D eigenvalue weighted by Crippen LogP contribution is 2.33. The molecular formula is C11H13NO3S. The number of hydrogen-bond donors (Lipinski definition) is 0. The summed E-state index contributed by atoms with van der Waals surface area (Å²) >= 11 is 1.56. The number of esters is 1. The number of aromatic nitrogens is 1. The van der Waals surface area contributed by atoms with Gasteiger partial charge in [-0.3, -0.25) is 9.59 Å². The van der Waals surface area contributed by atoms with Crippen molar-refractivity contribution in [2.75, 3.05) is 6.61 Å². The van der Waals surface area contributed by atoms with E-state index in [1.165, 1.54) is 0 Å². The highest BCUT2D eigenvalue weighted by Gasteiger charge is 2.37. The molecule has 0 spiro atoms. The Balaban J connectivity index is 2.36. The molecule has 0 aliphatic heterocycles. The molecule has 0 bridgehead atoms. The standard InChI is InChI=1S/C11H13NO3S/c1-3-15-11(14)9-7(13)4-5-8-10(9)12-6(2)16-8/h9H,3-5H2,1-2H3. The van der Waals surface area contributed by atoms with E-state index in [0.717, 1.165) is 9.88 Å². The number of Topliss-reactive ketones (excluding diaryl/α,β-unsaturated/α-hetero) is 1. The van der Waals surface area contributed by atoms with Crippen molar-refractivity contribution in [1.29, 1.82) is 0 Å². The molecule has 0 aromatic carbocycles. The number of ether oxygens (including phenoxy) is 1. The summed E-state index contributed by atoms with van der Waals surface area (Å²) in [5, 5.41) is 0.897. The first-order chi connectivity index (χ1) is 7.63. The van der Waals surface area contributed by atoms with Crippen molar-refractivity contribution in [3.63, 3.8) is 0 Å². The quantitative estimate of drug-likeness (QED) is 0.581. The van der Waals surface area contributed by atoms with Crippen molar-refractivity contribution in [2.45, 2.75) is 32.6 Å². The van der Waals surface area contributed by atoms with Gasteiger partial charge >= 0.3 is 5.97 Å². The highest BCUT2D eigenvalue weighted by atomic mass is 32.1. The van der Waals surface area contributed by atoms with Crippen molar-refractivity contribution in [3.8, 4) is 0 Å². The third kappa shape index (κ3) is 1.87. The van der Waals surface area contributed by atoms with Crippen LogP contribution in [-0.2, 0) is 20.7 Å². The lowest BCUT2D eigenvalue weighted by Crippen LogP contribution is -2.28. The second-order valence-corrected chi connectivity index (χ2v) is 4.98. The van der Waals surface area contributed by atoms with E-state index in [9.17, 15) is 9.59 Å². The first-order valence-electron chi connectivity index (χ1n) is 5.29. The average molecular weight is 239 g/mol. The van der Waals surface area contributed by atoms with Crippen molar-refractivity contribution in [2.24, 2.45) is 0 Å². The Hall–Kier alpha value is -1.23. The maximum absolute atomic E-state index is 11.7. The molecule has 0 saturated heterocycles. The number of ketones is 1. The molecule has 1 aliphatic carbocycles. The lowest BCUT2D eigenvalue weighted by molar-refractivity contribution is -0.148. The highest BCUT2D eigenvalue weighted by molar-refractivity contribution is 7.11. The predicted molar refractivity (Wildman–Crippen MR) is 59.6 cm³/mol. The molecule has 1 atom stereocenters. The van der Waals surface area contributed by atoms with Crippen molar-refractivity contribution < 1.29 is 14.3 Å². The van der Waals surface area contributed by atoms with Gasteiger partial charge < -0.3 is 4.74 Å². The van der Waals surface area contributed by atoms with Gasteiger partial charge in [-0.1, -0.05) is 0 Å². The lowest BCUT2D eigenvalue weighted by atomic mass is 9.90. The summed E-state index contributed by atoms with van der Waals surface area (Å²) in [6.07, 6.45) is 1.12. The molecule has 1 heterocycles. The smallest absolute Gasteiger partial charge is 0.322 e. The fourth-order valence-electron chi connectivity index (χ4n) is 1.89. The van der Waals surface area contributed by atoms with Gasteiger partial charge in [-0.25, -0.2) is 4.98 Å². The third-order valence-corrected chi connectivity index (χ3v) is 3.60. The molecule has 2 rings (SSSR count). The number of fused-ring (bicyclic) bond motifs is 1. The molecule has 0 N–H and O–H groups in total. The molecule has 4 nitrogen and oxygen atoms in total. The van der Waals surface area contributed by atoms with Crippen LogP contribution in [0.4, 0.5) is 0 Å². The number of hydrogen-bond acceptors (Lipinski definition) is 5. The Bertz CT molecular complexity index is 438. The summed E-state index contributed by atoms with van der Waals surface area (Å²) in [6, 6.07) is 0. The molecule has 1 aliphatic rings. The van der Waals surface area contributed by atoms with E-state index in [-0.39, 0.29) is 5.78 Å². The van der Waals surface area contributed by atoms with Crippen LogP contribution < -0.4 is 0 Å². The fourth-order valence-corrected chi connectivity index (χ4v) is 2.87. The zero-order valence-electron chi connectivity index (χ0n) is 9.28. The molecule has 0 radical (unpaired) electrons. The van der Waals surface area contributed by atoms with Crippen LogP contribution in [0.5, 0.6) is 0 Å². The Morgan fingerprint density at radius 2 is 2.31 bits per heavy atom. The number of aryl methyl sites for hydroxylation is 2. The first kappa shape index (κ1) is 11.3. The minimum Gasteiger partial charge on any atom is -0.465 e. The molecule has 16 heavy (non-hydrogen) atoms. The Morgan fingerprint density at radius 1 is 1.56 bits per heavy atom. The number of rotatable bonds is 2. The topological polar surface area (TPSA) is 56.3 Å². The number of carbonyl (C=O) groups excluding carboxylic acids is 2. The summed E-state index contributed by atoms with van der Waals surface area (Å²) in [5.41, 5.74) is 0.622. The molecule has 1 unspecified atom stereocenters. The monoisotopic (exact) mass is 239 g/mol. The van der Waals surface area contributed by atoms with Crippen LogP contribution in [-0.4, -0.2) is 23.3 Å². The van der Waals surface area contributed by atoms with Gasteiger partial charge in [-0.15, -0.1) is 11.3 Å². The Morgan fingerprint density at radius 3 is 3.00 bits per heavy atom. The normalized spacial score (nSPS) is 19.4. The molecule has 5 heteroatoms. The molecular weight excluding hydrogens is 226 g/mol. The third-order valence-electron chi connectivity index (χ3n) is 2.55. The van der Waals surface area contributed by atoms with E-state index >= 15 is 0 Å². The van der Waals surface area contributed by atoms with E-state index in [0.29, 0.717) is 25.1 Å².